The fourth-order valence-electron chi connectivity index (χ4n) is 4.23. The molecule has 1 aliphatic rings. The van der Waals surface area contributed by atoms with Crippen molar-refractivity contribution in [3.05, 3.63) is 42.4 Å². The molecule has 146 valence electrons. The molecule has 5 nitrogen and oxygen atoms in total. The molecule has 1 heterocycles. The highest BCUT2D eigenvalue weighted by Crippen LogP contribution is 2.37. The number of aromatic nitrogens is 2. The minimum atomic E-state index is -0.888. The Morgan fingerprint density at radius 1 is 1.22 bits per heavy atom. The van der Waals surface area contributed by atoms with Gasteiger partial charge >= 0.3 is 6.09 Å². The Hall–Kier alpha value is -2.30. The summed E-state index contributed by atoms with van der Waals surface area (Å²) in [5, 5.41) is 9.98. The number of hydrogen-bond donors (Lipinski definition) is 2. The van der Waals surface area contributed by atoms with Gasteiger partial charge in [-0.25, -0.2) is 9.78 Å². The number of nitrogens with zero attached hydrogens (tertiary/aromatic N) is 2. The Morgan fingerprint density at radius 2 is 1.89 bits per heavy atom. The normalized spacial score (nSPS) is 16.9. The second-order valence-electron chi connectivity index (χ2n) is 8.62. The first kappa shape index (κ1) is 19.5. The fourth-order valence-corrected chi connectivity index (χ4v) is 4.23. The van der Waals surface area contributed by atoms with Crippen LogP contribution in [-0.2, 0) is 0 Å². The first-order valence-corrected chi connectivity index (χ1v) is 9.99. The van der Waals surface area contributed by atoms with Crippen LogP contribution in [0.5, 0.6) is 0 Å². The lowest BCUT2D eigenvalue weighted by molar-refractivity contribution is 0.0552. The number of carbonyl (C=O) groups is 1. The van der Waals surface area contributed by atoms with Crippen molar-refractivity contribution in [3.63, 3.8) is 0 Å². The van der Waals surface area contributed by atoms with Gasteiger partial charge in [0, 0.05) is 17.3 Å². The average molecular weight is 370 g/mol. The van der Waals surface area contributed by atoms with E-state index in [1.807, 2.05) is 57.3 Å². The molecule has 0 bridgehead atoms. The van der Waals surface area contributed by atoms with Crippen LogP contribution in [0.3, 0.4) is 0 Å². The molecule has 1 aromatic heterocycles. The van der Waals surface area contributed by atoms with Gasteiger partial charge in [0.05, 0.1) is 11.7 Å². The topological polar surface area (TPSA) is 69.2 Å². The van der Waals surface area contributed by atoms with Gasteiger partial charge in [-0.1, -0.05) is 62.4 Å². The molecule has 0 radical (unpaired) electrons. The van der Waals surface area contributed by atoms with Gasteiger partial charge in [-0.05, 0) is 33.1 Å². The molecule has 0 spiro atoms. The molecule has 1 amide bonds. The maximum atomic E-state index is 12.2. The van der Waals surface area contributed by atoms with Crippen molar-refractivity contribution in [2.45, 2.75) is 70.9 Å². The summed E-state index contributed by atoms with van der Waals surface area (Å²) >= 11 is 0. The number of rotatable bonds is 5. The second kappa shape index (κ2) is 8.15. The van der Waals surface area contributed by atoms with E-state index in [0.717, 1.165) is 23.5 Å². The predicted octanol–water partition coefficient (Wildman–Crippen LogP) is 5.87. The Morgan fingerprint density at radius 3 is 2.48 bits per heavy atom. The standard InChI is InChI=1S/C22H31N3O2/c1-22(2,3)25(21(26)27)19(14-16-10-6-4-7-11-16)20-23-15-18(24-20)17-12-8-5-9-13-17/h5,8-9,12-13,15-16,19H,4,6-7,10-11,14H2,1-3H3,(H,23,24)(H,26,27)/t19-/m1/s1. The van der Waals surface area contributed by atoms with Crippen LogP contribution in [-0.4, -0.2) is 31.6 Å². The van der Waals surface area contributed by atoms with Gasteiger partial charge in [0.2, 0.25) is 0 Å². The Labute approximate surface area is 161 Å². The summed E-state index contributed by atoms with van der Waals surface area (Å²) in [4.78, 5) is 21.8. The molecule has 2 N–H and O–H groups in total. The van der Waals surface area contributed by atoms with Crippen LogP contribution in [0.15, 0.2) is 36.5 Å². The first-order chi connectivity index (χ1) is 12.9. The number of H-pyrrole nitrogens is 1. The molecule has 1 fully saturated rings. The Balaban J connectivity index is 1.93. The monoisotopic (exact) mass is 369 g/mol. The van der Waals surface area contributed by atoms with Crippen molar-refractivity contribution in [1.82, 2.24) is 14.9 Å². The maximum absolute atomic E-state index is 12.2. The zero-order valence-corrected chi connectivity index (χ0v) is 16.6. The van der Waals surface area contributed by atoms with Crippen LogP contribution in [0.2, 0.25) is 0 Å². The quantitative estimate of drug-likeness (QED) is 0.693. The van der Waals surface area contributed by atoms with E-state index in [0.29, 0.717) is 5.92 Å². The first-order valence-electron chi connectivity index (χ1n) is 9.99. The van der Waals surface area contributed by atoms with Crippen LogP contribution in [0, 0.1) is 5.92 Å². The average Bonchev–Trinajstić information content (AvgIpc) is 3.11. The molecular formula is C22H31N3O2. The highest BCUT2D eigenvalue weighted by Gasteiger charge is 2.37. The van der Waals surface area contributed by atoms with E-state index in [2.05, 4.69) is 4.98 Å². The van der Waals surface area contributed by atoms with Crippen LogP contribution >= 0.6 is 0 Å². The third-order valence-corrected chi connectivity index (χ3v) is 5.50. The molecule has 1 atom stereocenters. The van der Waals surface area contributed by atoms with Crippen LogP contribution in [0.25, 0.3) is 11.3 Å². The smallest absolute Gasteiger partial charge is 0.408 e. The SMILES string of the molecule is CC(C)(C)N(C(=O)O)[C@H](CC1CCCCC1)c1nc(-c2ccccc2)c[nH]1. The van der Waals surface area contributed by atoms with Crippen LogP contribution in [0.4, 0.5) is 4.79 Å². The second-order valence-corrected chi connectivity index (χ2v) is 8.62. The van der Waals surface area contributed by atoms with Gasteiger partial charge in [0.15, 0.2) is 0 Å². The Kier molecular flexibility index (Phi) is 5.88. The lowest BCUT2D eigenvalue weighted by Crippen LogP contribution is -2.48. The summed E-state index contributed by atoms with van der Waals surface area (Å²) in [6, 6.07) is 9.74. The highest BCUT2D eigenvalue weighted by molar-refractivity contribution is 5.67. The van der Waals surface area contributed by atoms with E-state index in [1.165, 1.54) is 32.1 Å². The number of nitrogens with one attached hydrogen (secondary N) is 1. The van der Waals surface area contributed by atoms with E-state index < -0.39 is 11.6 Å². The molecule has 5 heteroatoms. The van der Waals surface area contributed by atoms with Crippen molar-refractivity contribution in [2.24, 2.45) is 5.92 Å². The number of amides is 1. The summed E-state index contributed by atoms with van der Waals surface area (Å²) in [7, 11) is 0. The van der Waals surface area contributed by atoms with Crippen molar-refractivity contribution in [2.75, 3.05) is 0 Å². The van der Waals surface area contributed by atoms with Gasteiger partial charge in [0.1, 0.15) is 5.82 Å². The third kappa shape index (κ3) is 4.71. The van der Waals surface area contributed by atoms with Gasteiger partial charge in [-0.2, -0.15) is 0 Å². The van der Waals surface area contributed by atoms with Crippen molar-refractivity contribution in [1.29, 1.82) is 0 Å². The summed E-state index contributed by atoms with van der Waals surface area (Å²) < 4.78 is 0. The molecule has 0 unspecified atom stereocenters. The van der Waals surface area contributed by atoms with Gasteiger partial charge in [-0.15, -0.1) is 0 Å². The van der Waals surface area contributed by atoms with E-state index in [9.17, 15) is 9.90 Å². The summed E-state index contributed by atoms with van der Waals surface area (Å²) in [5.41, 5.74) is 1.40. The number of imidazole rings is 1. The number of hydrogen-bond acceptors (Lipinski definition) is 2. The maximum Gasteiger partial charge on any atom is 0.408 e. The Bertz CT molecular complexity index is 742. The lowest BCUT2D eigenvalue weighted by Gasteiger charge is -2.40. The van der Waals surface area contributed by atoms with Crippen LogP contribution in [0.1, 0.15) is 71.2 Å². The molecule has 1 aromatic carbocycles. The van der Waals surface area contributed by atoms with Crippen molar-refractivity contribution >= 4 is 6.09 Å². The van der Waals surface area contributed by atoms with Gasteiger partial charge < -0.3 is 10.1 Å². The van der Waals surface area contributed by atoms with Crippen molar-refractivity contribution < 1.29 is 9.90 Å². The molecule has 0 aliphatic heterocycles. The predicted molar refractivity (Wildman–Crippen MR) is 108 cm³/mol. The summed E-state index contributed by atoms with van der Waals surface area (Å²) in [6.45, 7) is 5.86. The minimum absolute atomic E-state index is 0.261. The highest BCUT2D eigenvalue weighted by atomic mass is 16.4. The van der Waals surface area contributed by atoms with Crippen LogP contribution < -0.4 is 0 Å². The van der Waals surface area contributed by atoms with Crippen molar-refractivity contribution in [3.8, 4) is 11.3 Å². The minimum Gasteiger partial charge on any atom is -0.465 e. The lowest BCUT2D eigenvalue weighted by atomic mass is 9.83. The molecular weight excluding hydrogens is 338 g/mol. The molecule has 3 rings (SSSR count). The number of aromatic amines is 1. The molecule has 1 saturated carbocycles. The number of carboxylic acid groups (broad SMARTS) is 1. The van der Waals surface area contributed by atoms with E-state index >= 15 is 0 Å². The molecule has 0 saturated heterocycles. The van der Waals surface area contributed by atoms with Gasteiger partial charge in [0.25, 0.3) is 0 Å². The third-order valence-electron chi connectivity index (χ3n) is 5.50. The summed E-state index contributed by atoms with van der Waals surface area (Å²) in [5.74, 6) is 1.30. The van der Waals surface area contributed by atoms with E-state index in [4.69, 9.17) is 4.98 Å². The van der Waals surface area contributed by atoms with E-state index in [-0.39, 0.29) is 6.04 Å². The zero-order chi connectivity index (χ0) is 19.4. The summed E-state index contributed by atoms with van der Waals surface area (Å²) in [6.07, 6.45) is 7.97. The van der Waals surface area contributed by atoms with E-state index in [1.54, 1.807) is 4.90 Å². The molecule has 1 aliphatic carbocycles. The molecule has 2 aromatic rings. The number of benzene rings is 1. The zero-order valence-electron chi connectivity index (χ0n) is 16.6. The van der Waals surface area contributed by atoms with Gasteiger partial charge in [-0.3, -0.25) is 4.90 Å². The largest absolute Gasteiger partial charge is 0.465 e. The fraction of sp³-hybridized carbons (Fsp3) is 0.545. The molecule has 27 heavy (non-hydrogen) atoms.